The fraction of sp³-hybridized carbons (Fsp3) is 0.364. The molecule has 0 atom stereocenters. The molecule has 2 aromatic carbocycles. The molecule has 0 spiro atoms. The van der Waals surface area contributed by atoms with E-state index in [9.17, 15) is 14.9 Å². The standard InChI is InChI=1S/C22H22ClN3O6S/c1-2-30-7-3-6-25-21(27)18-5-4-16(23)10-19(18)24-22(25)33-12-15-9-17(26(28)29)8-14-11-31-13-32-20(14)15/h4-5,8-10H,2-3,6-7,11-13H2,1H3. The maximum atomic E-state index is 13.2. The van der Waals surface area contributed by atoms with E-state index >= 15 is 0 Å². The first-order valence-electron chi connectivity index (χ1n) is 10.4. The predicted molar refractivity (Wildman–Crippen MR) is 125 cm³/mol. The number of nitro groups is 1. The van der Waals surface area contributed by atoms with Crippen molar-refractivity contribution in [3.8, 4) is 5.75 Å². The number of non-ortho nitro benzene ring substituents is 1. The number of rotatable bonds is 9. The summed E-state index contributed by atoms with van der Waals surface area (Å²) in [7, 11) is 0. The highest BCUT2D eigenvalue weighted by Gasteiger charge is 2.22. The molecule has 0 radical (unpaired) electrons. The molecule has 0 aliphatic carbocycles. The molecule has 2 heterocycles. The number of fused-ring (bicyclic) bond motifs is 2. The fourth-order valence-corrected chi connectivity index (χ4v) is 4.74. The van der Waals surface area contributed by atoms with Gasteiger partial charge in [0.25, 0.3) is 11.2 Å². The molecule has 1 aliphatic heterocycles. The van der Waals surface area contributed by atoms with Gasteiger partial charge in [0, 0.05) is 53.8 Å². The van der Waals surface area contributed by atoms with Crippen molar-refractivity contribution in [1.82, 2.24) is 9.55 Å². The molecule has 0 fully saturated rings. The lowest BCUT2D eigenvalue weighted by Gasteiger charge is -2.20. The van der Waals surface area contributed by atoms with Crippen LogP contribution in [0.2, 0.25) is 5.02 Å². The number of benzene rings is 2. The van der Waals surface area contributed by atoms with Crippen molar-refractivity contribution >= 4 is 40.0 Å². The van der Waals surface area contributed by atoms with Crippen LogP contribution in [0.1, 0.15) is 24.5 Å². The molecule has 0 unspecified atom stereocenters. The second-order valence-corrected chi connectivity index (χ2v) is 8.69. The minimum absolute atomic E-state index is 0.0363. The molecule has 9 nitrogen and oxygen atoms in total. The number of nitrogens with zero attached hydrogens (tertiary/aromatic N) is 3. The van der Waals surface area contributed by atoms with Crippen molar-refractivity contribution < 1.29 is 19.1 Å². The predicted octanol–water partition coefficient (Wildman–Crippen LogP) is 4.54. The molecule has 33 heavy (non-hydrogen) atoms. The van der Waals surface area contributed by atoms with Crippen LogP contribution in [-0.2, 0) is 28.4 Å². The van der Waals surface area contributed by atoms with Crippen molar-refractivity contribution in [2.75, 3.05) is 20.0 Å². The summed E-state index contributed by atoms with van der Waals surface area (Å²) in [5.74, 6) is 0.905. The quantitative estimate of drug-likeness (QED) is 0.141. The molecular formula is C22H22ClN3O6S. The Bertz CT molecular complexity index is 1250. The zero-order chi connectivity index (χ0) is 23.4. The van der Waals surface area contributed by atoms with Crippen LogP contribution in [0.5, 0.6) is 5.75 Å². The number of aromatic nitrogens is 2. The van der Waals surface area contributed by atoms with Crippen LogP contribution in [0.4, 0.5) is 5.69 Å². The van der Waals surface area contributed by atoms with Gasteiger partial charge in [0.2, 0.25) is 0 Å². The van der Waals surface area contributed by atoms with Gasteiger partial charge in [-0.2, -0.15) is 0 Å². The minimum Gasteiger partial charge on any atom is -0.467 e. The van der Waals surface area contributed by atoms with Gasteiger partial charge in [-0.1, -0.05) is 23.4 Å². The average Bonchev–Trinajstić information content (AvgIpc) is 2.81. The van der Waals surface area contributed by atoms with Crippen molar-refractivity contribution in [3.63, 3.8) is 0 Å². The molecule has 0 amide bonds. The lowest BCUT2D eigenvalue weighted by Crippen LogP contribution is -2.24. The Morgan fingerprint density at radius 3 is 2.97 bits per heavy atom. The van der Waals surface area contributed by atoms with Crippen LogP contribution in [0.25, 0.3) is 10.9 Å². The molecule has 4 rings (SSSR count). The topological polar surface area (TPSA) is 106 Å². The largest absolute Gasteiger partial charge is 0.467 e. The van der Waals surface area contributed by atoms with Gasteiger partial charge >= 0.3 is 0 Å². The summed E-state index contributed by atoms with van der Waals surface area (Å²) in [5.41, 5.74) is 1.57. The third kappa shape index (κ3) is 5.30. The molecule has 11 heteroatoms. The molecule has 1 aromatic heterocycles. The smallest absolute Gasteiger partial charge is 0.270 e. The third-order valence-corrected chi connectivity index (χ3v) is 6.36. The van der Waals surface area contributed by atoms with Crippen LogP contribution >= 0.6 is 23.4 Å². The third-order valence-electron chi connectivity index (χ3n) is 5.10. The van der Waals surface area contributed by atoms with Crippen molar-refractivity contribution in [1.29, 1.82) is 0 Å². The highest BCUT2D eigenvalue weighted by molar-refractivity contribution is 7.98. The number of hydrogen-bond acceptors (Lipinski definition) is 8. The van der Waals surface area contributed by atoms with Crippen LogP contribution < -0.4 is 10.3 Å². The maximum Gasteiger partial charge on any atom is 0.270 e. The molecule has 174 valence electrons. The lowest BCUT2D eigenvalue weighted by atomic mass is 10.1. The first-order chi connectivity index (χ1) is 16.0. The fourth-order valence-electron chi connectivity index (χ4n) is 3.59. The van der Waals surface area contributed by atoms with Crippen molar-refractivity contribution in [2.45, 2.75) is 37.4 Å². The van der Waals surface area contributed by atoms with Gasteiger partial charge in [-0.05, 0) is 31.5 Å². The Kier molecular flexibility index (Phi) is 7.49. The van der Waals surface area contributed by atoms with E-state index in [1.165, 1.54) is 23.9 Å². The van der Waals surface area contributed by atoms with Gasteiger partial charge < -0.3 is 14.2 Å². The monoisotopic (exact) mass is 491 g/mol. The number of hydrogen-bond donors (Lipinski definition) is 0. The van der Waals surface area contributed by atoms with Gasteiger partial charge in [-0.3, -0.25) is 19.5 Å². The summed E-state index contributed by atoms with van der Waals surface area (Å²) < 4.78 is 17.9. The van der Waals surface area contributed by atoms with Gasteiger partial charge in [-0.25, -0.2) is 4.98 Å². The molecule has 0 bridgehead atoms. The molecule has 0 saturated heterocycles. The molecule has 1 aliphatic rings. The minimum atomic E-state index is -0.441. The number of nitro benzene ring substituents is 1. The van der Waals surface area contributed by atoms with E-state index in [4.69, 9.17) is 25.8 Å². The van der Waals surface area contributed by atoms with Gasteiger partial charge in [-0.15, -0.1) is 0 Å². The molecular weight excluding hydrogens is 470 g/mol. The van der Waals surface area contributed by atoms with E-state index < -0.39 is 4.92 Å². The second-order valence-electron chi connectivity index (χ2n) is 7.31. The average molecular weight is 492 g/mol. The maximum absolute atomic E-state index is 13.2. The Balaban J connectivity index is 1.70. The van der Waals surface area contributed by atoms with E-state index in [1.807, 2.05) is 6.92 Å². The van der Waals surface area contributed by atoms with Crippen molar-refractivity contribution in [2.24, 2.45) is 0 Å². The highest BCUT2D eigenvalue weighted by atomic mass is 35.5. The Morgan fingerprint density at radius 1 is 1.33 bits per heavy atom. The summed E-state index contributed by atoms with van der Waals surface area (Å²) in [5, 5.41) is 12.9. The molecule has 0 N–H and O–H groups in total. The zero-order valence-electron chi connectivity index (χ0n) is 17.9. The van der Waals surface area contributed by atoms with E-state index in [0.29, 0.717) is 69.9 Å². The summed E-state index contributed by atoms with van der Waals surface area (Å²) in [6.45, 7) is 3.80. The molecule has 0 saturated carbocycles. The number of thioether (sulfide) groups is 1. The number of ether oxygens (including phenoxy) is 3. The summed E-state index contributed by atoms with van der Waals surface area (Å²) in [6.07, 6.45) is 0.648. The van der Waals surface area contributed by atoms with E-state index in [1.54, 1.807) is 22.8 Å². The summed E-state index contributed by atoms with van der Waals surface area (Å²) in [6, 6.07) is 7.95. The summed E-state index contributed by atoms with van der Waals surface area (Å²) in [4.78, 5) is 28.8. The molecule has 3 aromatic rings. The first kappa shape index (κ1) is 23.5. The van der Waals surface area contributed by atoms with Gasteiger partial charge in [0.1, 0.15) is 5.75 Å². The van der Waals surface area contributed by atoms with Crippen LogP contribution in [0, 0.1) is 10.1 Å². The zero-order valence-corrected chi connectivity index (χ0v) is 19.5. The van der Waals surface area contributed by atoms with Crippen molar-refractivity contribution in [3.05, 3.63) is 66.9 Å². The Labute approximate surface area is 198 Å². The lowest BCUT2D eigenvalue weighted by molar-refractivity contribution is -0.385. The van der Waals surface area contributed by atoms with E-state index in [-0.39, 0.29) is 24.6 Å². The number of halogens is 1. The second kappa shape index (κ2) is 10.5. The highest BCUT2D eigenvalue weighted by Crippen LogP contribution is 2.36. The normalized spacial score (nSPS) is 13.0. The van der Waals surface area contributed by atoms with E-state index in [0.717, 1.165) is 0 Å². The summed E-state index contributed by atoms with van der Waals surface area (Å²) >= 11 is 7.43. The Morgan fingerprint density at radius 2 is 2.18 bits per heavy atom. The van der Waals surface area contributed by atoms with Crippen LogP contribution in [-0.4, -0.2) is 34.5 Å². The van der Waals surface area contributed by atoms with Gasteiger partial charge in [0.05, 0.1) is 22.4 Å². The first-order valence-corrected chi connectivity index (χ1v) is 11.8. The van der Waals surface area contributed by atoms with Gasteiger partial charge in [0.15, 0.2) is 11.9 Å². The SMILES string of the molecule is CCOCCCn1c(SCc2cc([N+](=O)[O-])cc3c2OCOC3)nc2cc(Cl)ccc2c1=O. The Hall–Kier alpha value is -2.66. The van der Waals surface area contributed by atoms with Crippen LogP contribution in [0.15, 0.2) is 40.3 Å². The van der Waals surface area contributed by atoms with E-state index in [2.05, 4.69) is 4.98 Å². The van der Waals surface area contributed by atoms with Crippen LogP contribution in [0.3, 0.4) is 0 Å².